The van der Waals surface area contributed by atoms with Crippen molar-refractivity contribution in [3.63, 3.8) is 0 Å². The van der Waals surface area contributed by atoms with Crippen molar-refractivity contribution in [2.75, 3.05) is 11.4 Å². The summed E-state index contributed by atoms with van der Waals surface area (Å²) in [7, 11) is 0. The Labute approximate surface area is 123 Å². The molecule has 108 valence electrons. The molecular weight excluding hydrogens is 242 g/mol. The molecule has 0 N–H and O–H groups in total. The van der Waals surface area contributed by atoms with Crippen LogP contribution < -0.4 is 4.90 Å². The van der Waals surface area contributed by atoms with Crippen LogP contribution in [0, 0.1) is 11.8 Å². The molecule has 0 radical (unpaired) electrons. The summed E-state index contributed by atoms with van der Waals surface area (Å²) in [5.41, 5.74) is 3.25. The van der Waals surface area contributed by atoms with E-state index in [-0.39, 0.29) is 0 Å². The highest BCUT2D eigenvalue weighted by atomic mass is 15.2. The van der Waals surface area contributed by atoms with Gasteiger partial charge in [-0.05, 0) is 41.7 Å². The lowest BCUT2D eigenvalue weighted by atomic mass is 9.60. The fourth-order valence-corrected chi connectivity index (χ4v) is 4.56. The van der Waals surface area contributed by atoms with Crippen molar-refractivity contribution in [1.29, 1.82) is 0 Å². The van der Waals surface area contributed by atoms with Gasteiger partial charge in [0.1, 0.15) is 0 Å². The molecule has 1 saturated carbocycles. The summed E-state index contributed by atoms with van der Waals surface area (Å²) < 4.78 is 0. The van der Waals surface area contributed by atoms with Crippen LogP contribution in [-0.2, 0) is 5.41 Å². The predicted molar refractivity (Wildman–Crippen MR) is 87.3 cm³/mol. The molecule has 0 aromatic heterocycles. The van der Waals surface area contributed by atoms with Crippen molar-refractivity contribution in [3.8, 4) is 0 Å². The summed E-state index contributed by atoms with van der Waals surface area (Å²) in [5, 5.41) is 0. The lowest BCUT2D eigenvalue weighted by molar-refractivity contribution is 0.154. The summed E-state index contributed by atoms with van der Waals surface area (Å²) in [6, 6.07) is 9.69. The van der Waals surface area contributed by atoms with Crippen molar-refractivity contribution < 1.29 is 0 Å². The number of hydrogen-bond acceptors (Lipinski definition) is 1. The number of para-hydroxylation sites is 1. The number of anilines is 1. The quantitative estimate of drug-likeness (QED) is 0.699. The molecule has 1 aliphatic heterocycles. The molecule has 0 bridgehead atoms. The van der Waals surface area contributed by atoms with Crippen molar-refractivity contribution in [1.82, 2.24) is 0 Å². The molecule has 3 rings (SSSR count). The molecule has 0 unspecified atom stereocenters. The van der Waals surface area contributed by atoms with Gasteiger partial charge < -0.3 is 4.90 Å². The fraction of sp³-hybridized carbons (Fsp3) is 0.579. The Morgan fingerprint density at radius 2 is 2.05 bits per heavy atom. The van der Waals surface area contributed by atoms with Gasteiger partial charge in [0, 0.05) is 18.3 Å². The van der Waals surface area contributed by atoms with Gasteiger partial charge in [0.15, 0.2) is 0 Å². The summed E-state index contributed by atoms with van der Waals surface area (Å²) >= 11 is 0. The van der Waals surface area contributed by atoms with E-state index in [0.29, 0.717) is 11.5 Å². The molecule has 0 spiro atoms. The van der Waals surface area contributed by atoms with Gasteiger partial charge in [-0.3, -0.25) is 0 Å². The zero-order valence-corrected chi connectivity index (χ0v) is 13.1. The maximum absolute atomic E-state index is 3.98. The second-order valence-corrected chi connectivity index (χ2v) is 7.27. The van der Waals surface area contributed by atoms with Gasteiger partial charge >= 0.3 is 0 Å². The number of fused-ring (bicyclic) bond motifs is 2. The minimum Gasteiger partial charge on any atom is -0.364 e. The monoisotopic (exact) mass is 269 g/mol. The SMILES string of the molecule is C=CCN1c2ccccc2C(C)(C)[C@@H]2CC[C@@H](C)C[C@H]21. The van der Waals surface area contributed by atoms with Crippen LogP contribution in [0.2, 0.25) is 0 Å². The molecule has 1 fully saturated rings. The standard InChI is InChI=1S/C19H27N/c1-5-12-20-17-9-7-6-8-15(17)19(3,4)16-11-10-14(2)13-18(16)20/h5-9,14,16,18H,1,10-13H2,2-4H3/t14-,16-,18-/m1/s1. The molecular formula is C19H27N. The van der Waals surface area contributed by atoms with E-state index in [0.717, 1.165) is 18.4 Å². The predicted octanol–water partition coefficient (Wildman–Crippen LogP) is 4.78. The van der Waals surface area contributed by atoms with E-state index in [1.165, 1.54) is 30.5 Å². The highest BCUT2D eigenvalue weighted by Crippen LogP contribution is 2.51. The van der Waals surface area contributed by atoms with Crippen LogP contribution >= 0.6 is 0 Å². The molecule has 0 saturated heterocycles. The van der Waals surface area contributed by atoms with Crippen molar-refractivity contribution in [2.45, 2.75) is 51.5 Å². The van der Waals surface area contributed by atoms with E-state index in [1.807, 2.05) is 0 Å². The largest absolute Gasteiger partial charge is 0.364 e. The Morgan fingerprint density at radius 3 is 2.80 bits per heavy atom. The summed E-state index contributed by atoms with van der Waals surface area (Å²) in [5.74, 6) is 1.62. The Kier molecular flexibility index (Phi) is 3.40. The highest BCUT2D eigenvalue weighted by Gasteiger charge is 2.47. The average Bonchev–Trinajstić information content (AvgIpc) is 2.43. The van der Waals surface area contributed by atoms with Crippen molar-refractivity contribution >= 4 is 5.69 Å². The third-order valence-electron chi connectivity index (χ3n) is 5.64. The first-order valence-electron chi connectivity index (χ1n) is 8.02. The lowest BCUT2D eigenvalue weighted by Crippen LogP contribution is -2.55. The molecule has 2 aliphatic rings. The average molecular weight is 269 g/mol. The Morgan fingerprint density at radius 1 is 1.30 bits per heavy atom. The van der Waals surface area contributed by atoms with E-state index >= 15 is 0 Å². The van der Waals surface area contributed by atoms with Gasteiger partial charge in [0.25, 0.3) is 0 Å². The van der Waals surface area contributed by atoms with Crippen LogP contribution in [-0.4, -0.2) is 12.6 Å². The maximum atomic E-state index is 3.98. The van der Waals surface area contributed by atoms with Crippen LogP contribution in [0.15, 0.2) is 36.9 Å². The van der Waals surface area contributed by atoms with Crippen LogP contribution in [0.25, 0.3) is 0 Å². The van der Waals surface area contributed by atoms with E-state index < -0.39 is 0 Å². The zero-order chi connectivity index (χ0) is 14.3. The van der Waals surface area contributed by atoms with Gasteiger partial charge in [-0.1, -0.05) is 51.5 Å². The maximum Gasteiger partial charge on any atom is 0.0409 e. The van der Waals surface area contributed by atoms with Gasteiger partial charge in [0.2, 0.25) is 0 Å². The zero-order valence-electron chi connectivity index (χ0n) is 13.1. The third-order valence-corrected chi connectivity index (χ3v) is 5.64. The smallest absolute Gasteiger partial charge is 0.0409 e. The van der Waals surface area contributed by atoms with E-state index in [2.05, 4.69) is 62.6 Å². The summed E-state index contributed by atoms with van der Waals surface area (Å²) in [6.07, 6.45) is 6.14. The molecule has 1 aliphatic carbocycles. The minimum atomic E-state index is 0.291. The Bertz CT molecular complexity index is 502. The van der Waals surface area contributed by atoms with Crippen molar-refractivity contribution in [2.24, 2.45) is 11.8 Å². The second-order valence-electron chi connectivity index (χ2n) is 7.27. The molecule has 3 atom stereocenters. The van der Waals surface area contributed by atoms with E-state index in [9.17, 15) is 0 Å². The lowest BCUT2D eigenvalue weighted by Gasteiger charge is -2.54. The van der Waals surface area contributed by atoms with Crippen LogP contribution in [0.3, 0.4) is 0 Å². The molecule has 20 heavy (non-hydrogen) atoms. The first kappa shape index (κ1) is 13.7. The molecule has 1 aromatic carbocycles. The Hall–Kier alpha value is -1.24. The third kappa shape index (κ3) is 1.99. The fourth-order valence-electron chi connectivity index (χ4n) is 4.56. The Balaban J connectivity index is 2.11. The van der Waals surface area contributed by atoms with Crippen molar-refractivity contribution in [3.05, 3.63) is 42.5 Å². The van der Waals surface area contributed by atoms with Crippen LogP contribution in [0.1, 0.15) is 45.6 Å². The molecule has 1 nitrogen and oxygen atoms in total. The highest BCUT2D eigenvalue weighted by molar-refractivity contribution is 5.61. The number of rotatable bonds is 2. The molecule has 1 aromatic rings. The van der Waals surface area contributed by atoms with Gasteiger partial charge in [-0.15, -0.1) is 6.58 Å². The molecule has 1 heterocycles. The van der Waals surface area contributed by atoms with Gasteiger partial charge in [-0.25, -0.2) is 0 Å². The minimum absolute atomic E-state index is 0.291. The summed E-state index contributed by atoms with van der Waals surface area (Å²) in [6.45, 7) is 12.3. The van der Waals surface area contributed by atoms with Gasteiger partial charge in [-0.2, -0.15) is 0 Å². The summed E-state index contributed by atoms with van der Waals surface area (Å²) in [4.78, 5) is 2.62. The topological polar surface area (TPSA) is 3.24 Å². The normalized spacial score (nSPS) is 31.4. The van der Waals surface area contributed by atoms with E-state index in [1.54, 1.807) is 0 Å². The molecule has 1 heteroatoms. The second kappa shape index (κ2) is 4.95. The first-order chi connectivity index (χ1) is 9.55. The number of benzene rings is 1. The van der Waals surface area contributed by atoms with Gasteiger partial charge in [0.05, 0.1) is 0 Å². The van der Waals surface area contributed by atoms with E-state index in [4.69, 9.17) is 0 Å². The molecule has 0 amide bonds. The van der Waals surface area contributed by atoms with Crippen LogP contribution in [0.4, 0.5) is 5.69 Å². The number of nitrogens with zero attached hydrogens (tertiary/aromatic N) is 1. The van der Waals surface area contributed by atoms with Crippen LogP contribution in [0.5, 0.6) is 0 Å². The first-order valence-corrected chi connectivity index (χ1v) is 8.02. The number of hydrogen-bond donors (Lipinski definition) is 0.